The molecule has 0 fully saturated rings. The van der Waals surface area contributed by atoms with Crippen LogP contribution < -0.4 is 5.73 Å². The molecule has 0 aromatic carbocycles. The van der Waals surface area contributed by atoms with Gasteiger partial charge in [-0.15, -0.1) is 0 Å². The van der Waals surface area contributed by atoms with Crippen molar-refractivity contribution in [1.82, 2.24) is 0 Å². The molecule has 0 amide bonds. The molecule has 0 bridgehead atoms. The molecule has 0 rings (SSSR count). The third-order valence-corrected chi connectivity index (χ3v) is 9.37. The lowest BCUT2D eigenvalue weighted by molar-refractivity contribution is -0.161. The molecule has 0 aromatic heterocycles. The largest absolute Gasteiger partial charge is 0.472 e. The highest BCUT2D eigenvalue weighted by Crippen LogP contribution is 2.43. The van der Waals surface area contributed by atoms with Crippen molar-refractivity contribution in [2.24, 2.45) is 5.73 Å². The normalized spacial score (nSPS) is 14.0. The number of unbranched alkanes of at least 4 members (excludes halogenated alkanes) is 15. The lowest BCUT2D eigenvalue weighted by Gasteiger charge is -2.19. The quantitative estimate of drug-likeness (QED) is 0.0272. The van der Waals surface area contributed by atoms with Crippen molar-refractivity contribution in [3.63, 3.8) is 0 Å². The van der Waals surface area contributed by atoms with Crippen LogP contribution in [0.2, 0.25) is 0 Å². The van der Waals surface area contributed by atoms with Crippen molar-refractivity contribution in [2.45, 2.75) is 174 Å². The molecule has 1 unspecified atom stereocenters. The molecule has 0 aromatic rings. The van der Waals surface area contributed by atoms with Crippen LogP contribution in [0.3, 0.4) is 0 Å². The van der Waals surface area contributed by atoms with Gasteiger partial charge in [-0.05, 0) is 77.0 Å². The molecule has 0 aliphatic heterocycles. The second-order valence-corrected chi connectivity index (χ2v) is 14.9. The third-order valence-electron chi connectivity index (χ3n) is 8.39. The highest BCUT2D eigenvalue weighted by Gasteiger charge is 2.25. The van der Waals surface area contributed by atoms with E-state index in [1.807, 2.05) is 0 Å². The predicted molar refractivity (Wildman–Crippen MR) is 219 cm³/mol. The summed E-state index contributed by atoms with van der Waals surface area (Å²) in [4.78, 5) is 34.8. The van der Waals surface area contributed by atoms with E-state index >= 15 is 0 Å². The fourth-order valence-corrected chi connectivity index (χ4v) is 6.09. The standard InChI is InChI=1S/C43H76NO8P/c1-3-5-7-9-11-13-15-17-19-20-22-24-26-28-30-32-34-36-43(46)52-41(40-51-53(47,48)50-38-37-44)39-49-42(45)35-33-31-29-27-25-23-21-18-16-14-12-10-8-6-4-2/h5,7,11,13,17-19,21-22,24,41H,3-4,6,8-10,12,14-16,20,23,25-40,44H2,1-2H3,(H,47,48)/b7-5-,13-11-,19-17-,21-18-,24-22-/t41-/m1/s1. The van der Waals surface area contributed by atoms with Gasteiger partial charge in [-0.2, -0.15) is 0 Å². The summed E-state index contributed by atoms with van der Waals surface area (Å²) in [5.74, 6) is -0.870. The molecule has 0 aliphatic carbocycles. The van der Waals surface area contributed by atoms with E-state index in [2.05, 4.69) is 74.6 Å². The molecule has 0 radical (unpaired) electrons. The molecule has 0 heterocycles. The summed E-state index contributed by atoms with van der Waals surface area (Å²) < 4.78 is 32.7. The van der Waals surface area contributed by atoms with Gasteiger partial charge in [0.25, 0.3) is 0 Å². The maximum Gasteiger partial charge on any atom is 0.472 e. The average molecular weight is 766 g/mol. The minimum atomic E-state index is -4.39. The maximum absolute atomic E-state index is 12.6. The first kappa shape index (κ1) is 50.7. The van der Waals surface area contributed by atoms with E-state index in [1.54, 1.807) is 0 Å². The average Bonchev–Trinajstić information content (AvgIpc) is 3.14. The van der Waals surface area contributed by atoms with Gasteiger partial charge in [0, 0.05) is 19.4 Å². The summed E-state index contributed by atoms with van der Waals surface area (Å²) in [6, 6.07) is 0. The van der Waals surface area contributed by atoms with E-state index in [1.165, 1.54) is 44.9 Å². The molecule has 0 saturated carbocycles. The van der Waals surface area contributed by atoms with Crippen LogP contribution >= 0.6 is 7.82 Å². The molecule has 306 valence electrons. The number of allylic oxidation sites excluding steroid dienone is 10. The van der Waals surface area contributed by atoms with E-state index in [0.29, 0.717) is 12.8 Å². The minimum absolute atomic E-state index is 0.0454. The lowest BCUT2D eigenvalue weighted by atomic mass is 10.1. The van der Waals surface area contributed by atoms with E-state index in [-0.39, 0.29) is 32.6 Å². The maximum atomic E-state index is 12.6. The zero-order valence-corrected chi connectivity index (χ0v) is 34.4. The van der Waals surface area contributed by atoms with Crippen molar-refractivity contribution in [3.8, 4) is 0 Å². The smallest absolute Gasteiger partial charge is 0.462 e. The Balaban J connectivity index is 4.25. The Morgan fingerprint density at radius 2 is 1.04 bits per heavy atom. The van der Waals surface area contributed by atoms with Crippen LogP contribution in [-0.2, 0) is 32.7 Å². The van der Waals surface area contributed by atoms with Gasteiger partial charge >= 0.3 is 19.8 Å². The van der Waals surface area contributed by atoms with Crippen molar-refractivity contribution in [3.05, 3.63) is 60.8 Å². The Bertz CT molecular complexity index is 1050. The Morgan fingerprint density at radius 3 is 1.57 bits per heavy atom. The van der Waals surface area contributed by atoms with Gasteiger partial charge in [0.15, 0.2) is 6.10 Å². The van der Waals surface area contributed by atoms with Crippen LogP contribution in [0.1, 0.15) is 168 Å². The van der Waals surface area contributed by atoms with Gasteiger partial charge in [-0.1, -0.05) is 139 Å². The number of esters is 2. The summed E-state index contributed by atoms with van der Waals surface area (Å²) >= 11 is 0. The first-order valence-corrected chi connectivity index (χ1v) is 22.3. The predicted octanol–water partition coefficient (Wildman–Crippen LogP) is 11.7. The number of nitrogens with two attached hydrogens (primary N) is 1. The highest BCUT2D eigenvalue weighted by atomic mass is 31.2. The summed E-state index contributed by atoms with van der Waals surface area (Å²) in [5.41, 5.74) is 5.34. The van der Waals surface area contributed by atoms with Crippen molar-refractivity contribution >= 4 is 19.8 Å². The SMILES string of the molecule is CC/C=C\C/C=C\C/C=C\C/C=C\CCCCCCC(=O)O[C@H](COC(=O)CCCCCCC/C=C\CCCCCCCC)COP(=O)(O)OCCN. The fraction of sp³-hybridized carbons (Fsp3) is 0.721. The number of ether oxygens (including phenoxy) is 2. The Labute approximate surface area is 323 Å². The number of carbonyl (C=O) groups excluding carboxylic acids is 2. The zero-order chi connectivity index (χ0) is 38.9. The van der Waals surface area contributed by atoms with Crippen LogP contribution in [0.15, 0.2) is 60.8 Å². The van der Waals surface area contributed by atoms with Crippen LogP contribution in [0.5, 0.6) is 0 Å². The Morgan fingerprint density at radius 1 is 0.585 bits per heavy atom. The number of phosphoric ester groups is 1. The van der Waals surface area contributed by atoms with E-state index in [4.69, 9.17) is 24.3 Å². The summed E-state index contributed by atoms with van der Waals surface area (Å²) in [5, 5.41) is 0. The lowest BCUT2D eigenvalue weighted by Crippen LogP contribution is -2.29. The number of carbonyl (C=O) groups is 2. The van der Waals surface area contributed by atoms with Gasteiger partial charge in [0.05, 0.1) is 13.2 Å². The van der Waals surface area contributed by atoms with Gasteiger partial charge in [0.2, 0.25) is 0 Å². The first-order valence-electron chi connectivity index (χ1n) is 20.8. The fourth-order valence-electron chi connectivity index (χ4n) is 5.32. The van der Waals surface area contributed by atoms with Gasteiger partial charge < -0.3 is 20.1 Å². The van der Waals surface area contributed by atoms with E-state index in [0.717, 1.165) is 83.5 Å². The van der Waals surface area contributed by atoms with Gasteiger partial charge in [0.1, 0.15) is 6.61 Å². The topological polar surface area (TPSA) is 134 Å². The number of rotatable bonds is 38. The van der Waals surface area contributed by atoms with E-state index in [9.17, 15) is 19.0 Å². The third kappa shape index (κ3) is 39.2. The molecule has 0 aliphatic rings. The second kappa shape index (κ2) is 39.4. The van der Waals surface area contributed by atoms with Crippen LogP contribution in [0.4, 0.5) is 0 Å². The molecule has 10 heteroatoms. The van der Waals surface area contributed by atoms with Crippen LogP contribution in [0.25, 0.3) is 0 Å². The molecule has 2 atom stereocenters. The summed E-state index contributed by atoms with van der Waals surface area (Å²) in [7, 11) is -4.39. The van der Waals surface area contributed by atoms with Gasteiger partial charge in [-0.3, -0.25) is 18.6 Å². The Hall–Kier alpha value is -2.29. The number of hydrogen-bond donors (Lipinski definition) is 2. The molecule has 0 spiro atoms. The molecule has 0 saturated heterocycles. The van der Waals surface area contributed by atoms with Crippen molar-refractivity contribution in [1.29, 1.82) is 0 Å². The van der Waals surface area contributed by atoms with Crippen molar-refractivity contribution in [2.75, 3.05) is 26.4 Å². The van der Waals surface area contributed by atoms with Crippen LogP contribution in [-0.4, -0.2) is 49.3 Å². The molecule has 3 N–H and O–H groups in total. The van der Waals surface area contributed by atoms with Crippen LogP contribution in [0, 0.1) is 0 Å². The minimum Gasteiger partial charge on any atom is -0.462 e. The van der Waals surface area contributed by atoms with Gasteiger partial charge in [-0.25, -0.2) is 4.57 Å². The molecule has 53 heavy (non-hydrogen) atoms. The molecular weight excluding hydrogens is 689 g/mol. The summed E-state index contributed by atoms with van der Waals surface area (Å²) in [6.07, 6.45) is 45.3. The molecule has 9 nitrogen and oxygen atoms in total. The van der Waals surface area contributed by atoms with Crippen molar-refractivity contribution < 1.29 is 37.6 Å². The zero-order valence-electron chi connectivity index (χ0n) is 33.5. The monoisotopic (exact) mass is 766 g/mol. The number of hydrogen-bond acceptors (Lipinski definition) is 8. The first-order chi connectivity index (χ1) is 25.8. The highest BCUT2D eigenvalue weighted by molar-refractivity contribution is 7.47. The van der Waals surface area contributed by atoms with E-state index < -0.39 is 32.5 Å². The summed E-state index contributed by atoms with van der Waals surface area (Å²) in [6.45, 7) is 3.56. The number of phosphoric acid groups is 1. The second-order valence-electron chi connectivity index (χ2n) is 13.5. The Kier molecular flexibility index (Phi) is 37.7. The molecular formula is C43H76NO8P.